The number of rotatable bonds is 5. The zero-order valence-corrected chi connectivity index (χ0v) is 33.2. The van der Waals surface area contributed by atoms with Gasteiger partial charge >= 0.3 is 12.4 Å². The van der Waals surface area contributed by atoms with E-state index in [0.29, 0.717) is 50.7 Å². The molecule has 10 rings (SSSR count). The molecule has 0 N–H and O–H groups in total. The van der Waals surface area contributed by atoms with Gasteiger partial charge in [0.2, 0.25) is 0 Å². The largest absolute Gasteiger partial charge is 0.417 e. The third kappa shape index (κ3) is 6.05. The van der Waals surface area contributed by atoms with Crippen LogP contribution in [-0.4, -0.2) is 9.13 Å². The van der Waals surface area contributed by atoms with Gasteiger partial charge in [-0.1, -0.05) is 121 Å². The average molecular weight is 826 g/mol. The summed E-state index contributed by atoms with van der Waals surface area (Å²) < 4.78 is 94.5. The van der Waals surface area contributed by atoms with E-state index in [-0.39, 0.29) is 11.3 Å². The van der Waals surface area contributed by atoms with Gasteiger partial charge in [-0.3, -0.25) is 0 Å². The lowest BCUT2D eigenvalue weighted by Gasteiger charge is -2.24. The molecule has 62 heavy (non-hydrogen) atoms. The molecule has 0 saturated heterocycles. The molecule has 3 nitrogen and oxygen atoms in total. The van der Waals surface area contributed by atoms with Crippen LogP contribution >= 0.6 is 0 Å². The van der Waals surface area contributed by atoms with Gasteiger partial charge in [0.05, 0.1) is 44.6 Å². The van der Waals surface area contributed by atoms with Gasteiger partial charge in [0.1, 0.15) is 11.6 Å². The number of nitrogens with zero attached hydrogens (tertiary/aromatic N) is 3. The van der Waals surface area contributed by atoms with E-state index in [1.807, 2.05) is 140 Å². The van der Waals surface area contributed by atoms with Crippen molar-refractivity contribution >= 4 is 43.6 Å². The van der Waals surface area contributed by atoms with Crippen molar-refractivity contribution in [3.63, 3.8) is 0 Å². The van der Waals surface area contributed by atoms with Crippen molar-refractivity contribution in [2.24, 2.45) is 0 Å². The standard InChI is InChI=1S/C53H33F6N3/c1-31-12-3-5-14-35(31)33-22-24-39-37-16-7-9-20-45(37)61(48(39)28-33)47-27-26-41(50-43(52(54,55)56)18-11-19-44(50)53(57,58)59)51(42(47)30-60)62-46-21-10-8-17-38(46)40-25-23-34(29-49(40)62)36-15-6-4-13-32(36)2/h3-29H,1-2H3. The summed E-state index contributed by atoms with van der Waals surface area (Å²) in [6.45, 7) is 3.98. The van der Waals surface area contributed by atoms with Crippen LogP contribution in [0.2, 0.25) is 0 Å². The van der Waals surface area contributed by atoms with Gasteiger partial charge in [-0.15, -0.1) is 0 Å². The first-order chi connectivity index (χ1) is 29.8. The summed E-state index contributed by atoms with van der Waals surface area (Å²) in [5, 5.41) is 14.7. The van der Waals surface area contributed by atoms with Crippen LogP contribution in [0.1, 0.15) is 27.8 Å². The zero-order valence-electron chi connectivity index (χ0n) is 33.2. The fourth-order valence-corrected chi connectivity index (χ4v) is 9.20. The van der Waals surface area contributed by atoms with Crippen molar-refractivity contribution < 1.29 is 26.3 Å². The summed E-state index contributed by atoms with van der Waals surface area (Å²) in [6.07, 6.45) is -10.4. The van der Waals surface area contributed by atoms with Gasteiger partial charge in [0.15, 0.2) is 0 Å². The molecular formula is C53H33F6N3. The number of para-hydroxylation sites is 2. The number of halogens is 6. The van der Waals surface area contributed by atoms with E-state index in [2.05, 4.69) is 6.07 Å². The van der Waals surface area contributed by atoms with Crippen molar-refractivity contribution in [1.82, 2.24) is 9.13 Å². The van der Waals surface area contributed by atoms with Gasteiger partial charge in [-0.05, 0) is 89.7 Å². The SMILES string of the molecule is Cc1ccccc1-c1ccc2c3ccccc3n(-c3ccc(-c4c(C(F)(F)F)cccc4C(F)(F)F)c(-n4c5ccccc5c5ccc(-c6ccccc6C)cc54)c3C#N)c2c1. The number of alkyl halides is 6. The minimum absolute atomic E-state index is 0.110. The number of fused-ring (bicyclic) bond motifs is 6. The fraction of sp³-hybridized carbons (Fsp3) is 0.0755. The molecule has 0 radical (unpaired) electrons. The Balaban J connectivity index is 1.40. The van der Waals surface area contributed by atoms with Crippen LogP contribution in [-0.2, 0) is 12.4 Å². The van der Waals surface area contributed by atoms with Crippen LogP contribution < -0.4 is 0 Å². The number of nitriles is 1. The molecule has 0 atom stereocenters. The minimum Gasteiger partial charge on any atom is -0.308 e. The van der Waals surface area contributed by atoms with E-state index < -0.39 is 34.6 Å². The Bertz CT molecular complexity index is 3450. The second-order valence-corrected chi connectivity index (χ2v) is 15.5. The van der Waals surface area contributed by atoms with Crippen LogP contribution in [0.3, 0.4) is 0 Å². The van der Waals surface area contributed by atoms with Crippen molar-refractivity contribution in [2.75, 3.05) is 0 Å². The lowest BCUT2D eigenvalue weighted by atomic mass is 9.90. The molecule has 0 spiro atoms. The van der Waals surface area contributed by atoms with E-state index in [9.17, 15) is 5.26 Å². The molecule has 10 aromatic rings. The molecule has 9 heteroatoms. The highest BCUT2D eigenvalue weighted by molar-refractivity contribution is 6.13. The predicted octanol–water partition coefficient (Wildman–Crippen LogP) is 15.4. The van der Waals surface area contributed by atoms with Crippen molar-refractivity contribution in [2.45, 2.75) is 26.2 Å². The predicted molar refractivity (Wildman–Crippen MR) is 236 cm³/mol. The molecular weight excluding hydrogens is 793 g/mol. The number of hydrogen-bond acceptors (Lipinski definition) is 1. The molecule has 8 aromatic carbocycles. The summed E-state index contributed by atoms with van der Waals surface area (Å²) in [5.74, 6) is 0. The van der Waals surface area contributed by atoms with Crippen LogP contribution in [0.25, 0.3) is 88.4 Å². The van der Waals surface area contributed by atoms with E-state index in [0.717, 1.165) is 50.2 Å². The maximum Gasteiger partial charge on any atom is 0.417 e. The van der Waals surface area contributed by atoms with Gasteiger partial charge in [0.25, 0.3) is 0 Å². The van der Waals surface area contributed by atoms with Gasteiger partial charge in [-0.25, -0.2) is 0 Å². The quantitative estimate of drug-likeness (QED) is 0.159. The van der Waals surface area contributed by atoms with Gasteiger partial charge < -0.3 is 9.13 Å². The molecule has 2 aromatic heterocycles. The third-order valence-electron chi connectivity index (χ3n) is 11.9. The first-order valence-corrected chi connectivity index (χ1v) is 19.9. The maximum atomic E-state index is 15.2. The van der Waals surface area contributed by atoms with Crippen LogP contribution in [0.4, 0.5) is 26.3 Å². The lowest BCUT2D eigenvalue weighted by molar-refractivity contribution is -0.142. The fourth-order valence-electron chi connectivity index (χ4n) is 9.20. The molecule has 0 aliphatic carbocycles. The van der Waals surface area contributed by atoms with Crippen molar-refractivity contribution in [3.8, 4) is 50.8 Å². The van der Waals surface area contributed by atoms with Crippen molar-refractivity contribution in [3.05, 3.63) is 192 Å². The van der Waals surface area contributed by atoms with Crippen LogP contribution in [0.15, 0.2) is 164 Å². The molecule has 0 unspecified atom stereocenters. The van der Waals surface area contributed by atoms with E-state index in [4.69, 9.17) is 0 Å². The van der Waals surface area contributed by atoms with Crippen LogP contribution in [0, 0.1) is 25.2 Å². The molecule has 0 bridgehead atoms. The number of aromatic nitrogens is 2. The highest BCUT2D eigenvalue weighted by Gasteiger charge is 2.42. The van der Waals surface area contributed by atoms with Gasteiger partial charge in [0, 0.05) is 32.7 Å². The first-order valence-electron chi connectivity index (χ1n) is 19.9. The molecule has 0 saturated carbocycles. The average Bonchev–Trinajstić information content (AvgIpc) is 3.77. The highest BCUT2D eigenvalue weighted by atomic mass is 19.4. The third-order valence-corrected chi connectivity index (χ3v) is 11.9. The second kappa shape index (κ2) is 14.3. The van der Waals surface area contributed by atoms with Crippen LogP contribution in [0.5, 0.6) is 0 Å². The summed E-state index contributed by atoms with van der Waals surface area (Å²) in [5.41, 5.74) is 3.68. The Morgan fingerprint density at radius 2 is 0.887 bits per heavy atom. The normalized spacial score (nSPS) is 12.2. The maximum absolute atomic E-state index is 15.2. The number of benzene rings is 8. The molecule has 302 valence electrons. The Hall–Kier alpha value is -7.57. The number of hydrogen-bond donors (Lipinski definition) is 0. The monoisotopic (exact) mass is 825 g/mol. The zero-order chi connectivity index (χ0) is 43.1. The molecule has 0 aliphatic rings. The first kappa shape index (κ1) is 38.6. The second-order valence-electron chi connectivity index (χ2n) is 15.5. The summed E-state index contributed by atoms with van der Waals surface area (Å²) in [6, 6.07) is 49.5. The van der Waals surface area contributed by atoms with Gasteiger partial charge in [-0.2, -0.15) is 31.6 Å². The number of aryl methyl sites for hydroxylation is 2. The summed E-state index contributed by atoms with van der Waals surface area (Å²) in [7, 11) is 0. The molecule has 0 fully saturated rings. The Morgan fingerprint density at radius 1 is 0.435 bits per heavy atom. The Morgan fingerprint density at radius 3 is 1.39 bits per heavy atom. The topological polar surface area (TPSA) is 33.6 Å². The van der Waals surface area contributed by atoms with Crippen molar-refractivity contribution in [1.29, 1.82) is 5.26 Å². The lowest BCUT2D eigenvalue weighted by Crippen LogP contribution is -2.16. The summed E-state index contributed by atoms with van der Waals surface area (Å²) >= 11 is 0. The molecule has 2 heterocycles. The van der Waals surface area contributed by atoms with E-state index in [1.54, 1.807) is 16.7 Å². The Labute approximate surface area is 351 Å². The minimum atomic E-state index is -5.18. The smallest absolute Gasteiger partial charge is 0.308 e. The highest BCUT2D eigenvalue weighted by Crippen LogP contribution is 2.49. The molecule has 0 amide bonds. The molecule has 0 aliphatic heterocycles. The van der Waals surface area contributed by atoms with E-state index in [1.165, 1.54) is 12.1 Å². The Kier molecular flexibility index (Phi) is 8.89. The van der Waals surface area contributed by atoms with E-state index >= 15 is 26.3 Å². The summed E-state index contributed by atoms with van der Waals surface area (Å²) in [4.78, 5) is 0.